The van der Waals surface area contributed by atoms with E-state index in [0.717, 1.165) is 11.1 Å². The molecule has 0 aliphatic rings. The third kappa shape index (κ3) is 6.35. The standard InChI is InChI=1S/C16H19N3O4S/c1-13-3-2-4-14(11-13)5-6-16(20)17-8-9-18-24(21,22)12-15-7-10-23-19-15/h2-7,10-11,18H,8-9,12H2,1H3,(H,17,20). The molecule has 8 heteroatoms. The number of aromatic nitrogens is 1. The molecule has 0 aliphatic carbocycles. The summed E-state index contributed by atoms with van der Waals surface area (Å²) >= 11 is 0. The molecule has 1 aromatic heterocycles. The molecule has 0 spiro atoms. The molecule has 0 unspecified atom stereocenters. The fraction of sp³-hybridized carbons (Fsp3) is 0.250. The summed E-state index contributed by atoms with van der Waals surface area (Å²) in [4.78, 5) is 11.7. The first kappa shape index (κ1) is 17.9. The second kappa shape index (κ2) is 8.42. The minimum absolute atomic E-state index is 0.101. The number of carbonyl (C=O) groups is 1. The number of sulfonamides is 1. The first-order chi connectivity index (χ1) is 11.4. The average molecular weight is 349 g/mol. The van der Waals surface area contributed by atoms with Crippen LogP contribution in [0.1, 0.15) is 16.8 Å². The van der Waals surface area contributed by atoms with Crippen LogP contribution in [0.25, 0.3) is 6.08 Å². The third-order valence-corrected chi connectivity index (χ3v) is 4.36. The lowest BCUT2D eigenvalue weighted by Gasteiger charge is -2.05. The average Bonchev–Trinajstić information content (AvgIpc) is 3.02. The number of hydrogen-bond donors (Lipinski definition) is 2. The van der Waals surface area contributed by atoms with Gasteiger partial charge in [0.2, 0.25) is 15.9 Å². The van der Waals surface area contributed by atoms with Gasteiger partial charge in [0, 0.05) is 25.2 Å². The molecule has 1 amide bonds. The van der Waals surface area contributed by atoms with Gasteiger partial charge in [0.1, 0.15) is 12.0 Å². The lowest BCUT2D eigenvalue weighted by atomic mass is 10.1. The Morgan fingerprint density at radius 1 is 1.29 bits per heavy atom. The molecule has 128 valence electrons. The smallest absolute Gasteiger partial charge is 0.244 e. The Morgan fingerprint density at radius 3 is 2.83 bits per heavy atom. The summed E-state index contributed by atoms with van der Waals surface area (Å²) in [5.41, 5.74) is 2.37. The first-order valence-electron chi connectivity index (χ1n) is 7.34. The van der Waals surface area contributed by atoms with Crippen molar-refractivity contribution in [2.45, 2.75) is 12.7 Å². The topological polar surface area (TPSA) is 101 Å². The summed E-state index contributed by atoms with van der Waals surface area (Å²) in [7, 11) is -3.50. The number of nitrogens with one attached hydrogen (secondary N) is 2. The fourth-order valence-corrected chi connectivity index (χ4v) is 3.01. The lowest BCUT2D eigenvalue weighted by Crippen LogP contribution is -2.34. The molecule has 0 fully saturated rings. The monoisotopic (exact) mass is 349 g/mol. The van der Waals surface area contributed by atoms with Crippen molar-refractivity contribution in [3.8, 4) is 0 Å². The highest BCUT2D eigenvalue weighted by Crippen LogP contribution is 2.05. The molecule has 1 aromatic carbocycles. The molecule has 0 bridgehead atoms. The lowest BCUT2D eigenvalue weighted by molar-refractivity contribution is -0.116. The van der Waals surface area contributed by atoms with E-state index in [1.54, 1.807) is 6.08 Å². The molecule has 2 N–H and O–H groups in total. The Balaban J connectivity index is 1.71. The minimum Gasteiger partial charge on any atom is -0.364 e. The van der Waals surface area contributed by atoms with Gasteiger partial charge >= 0.3 is 0 Å². The summed E-state index contributed by atoms with van der Waals surface area (Å²) in [6.07, 6.45) is 4.43. The molecule has 0 radical (unpaired) electrons. The highest BCUT2D eigenvalue weighted by Gasteiger charge is 2.12. The van der Waals surface area contributed by atoms with E-state index in [4.69, 9.17) is 0 Å². The normalized spacial score (nSPS) is 11.7. The van der Waals surface area contributed by atoms with E-state index in [2.05, 4.69) is 19.7 Å². The number of aryl methyl sites for hydroxylation is 1. The zero-order valence-electron chi connectivity index (χ0n) is 13.2. The van der Waals surface area contributed by atoms with Gasteiger partial charge in [0.05, 0.1) is 5.69 Å². The Hall–Kier alpha value is -2.45. The molecule has 24 heavy (non-hydrogen) atoms. The number of carbonyl (C=O) groups excluding carboxylic acids is 1. The van der Waals surface area contributed by atoms with Crippen molar-refractivity contribution in [2.24, 2.45) is 0 Å². The number of hydrogen-bond acceptors (Lipinski definition) is 5. The van der Waals surface area contributed by atoms with E-state index in [1.807, 2.05) is 31.2 Å². The van der Waals surface area contributed by atoms with Crippen molar-refractivity contribution in [3.63, 3.8) is 0 Å². The predicted molar refractivity (Wildman–Crippen MR) is 90.4 cm³/mol. The zero-order valence-corrected chi connectivity index (χ0v) is 14.0. The highest BCUT2D eigenvalue weighted by molar-refractivity contribution is 7.88. The number of benzene rings is 1. The molecule has 0 atom stereocenters. The van der Waals surface area contributed by atoms with E-state index >= 15 is 0 Å². The summed E-state index contributed by atoms with van der Waals surface area (Å²) in [6, 6.07) is 9.23. The Morgan fingerprint density at radius 2 is 2.12 bits per heavy atom. The van der Waals surface area contributed by atoms with Gasteiger partial charge in [0.15, 0.2) is 0 Å². The van der Waals surface area contributed by atoms with Crippen LogP contribution in [0.3, 0.4) is 0 Å². The first-order valence-corrected chi connectivity index (χ1v) is 8.99. The van der Waals surface area contributed by atoms with Gasteiger partial charge in [-0.25, -0.2) is 13.1 Å². The van der Waals surface area contributed by atoms with Gasteiger partial charge in [-0.15, -0.1) is 0 Å². The second-order valence-corrected chi connectivity index (χ2v) is 6.99. The highest BCUT2D eigenvalue weighted by atomic mass is 32.2. The molecule has 2 rings (SSSR count). The van der Waals surface area contributed by atoms with Crippen LogP contribution >= 0.6 is 0 Å². The largest absolute Gasteiger partial charge is 0.364 e. The second-order valence-electron chi connectivity index (χ2n) is 5.18. The maximum absolute atomic E-state index is 11.8. The van der Waals surface area contributed by atoms with E-state index in [9.17, 15) is 13.2 Å². The third-order valence-electron chi connectivity index (χ3n) is 3.04. The quantitative estimate of drug-likeness (QED) is 0.551. The Labute approximate surface area is 140 Å². The minimum atomic E-state index is -3.50. The predicted octanol–water partition coefficient (Wildman–Crippen LogP) is 1.23. The summed E-state index contributed by atoms with van der Waals surface area (Å²) in [5.74, 6) is -0.544. The fourth-order valence-electron chi connectivity index (χ4n) is 1.95. The van der Waals surface area contributed by atoms with Gasteiger partial charge in [-0.3, -0.25) is 4.79 Å². The van der Waals surface area contributed by atoms with Crippen molar-refractivity contribution < 1.29 is 17.7 Å². The van der Waals surface area contributed by atoms with Crippen molar-refractivity contribution in [3.05, 3.63) is 59.5 Å². The number of amides is 1. The van der Waals surface area contributed by atoms with Crippen LogP contribution < -0.4 is 10.0 Å². The Bertz CT molecular complexity index is 798. The van der Waals surface area contributed by atoms with Crippen molar-refractivity contribution in [1.29, 1.82) is 0 Å². The van der Waals surface area contributed by atoms with Gasteiger partial charge < -0.3 is 9.84 Å². The number of rotatable bonds is 8. The zero-order chi connectivity index (χ0) is 17.4. The Kier molecular flexibility index (Phi) is 6.28. The number of nitrogens with zero attached hydrogens (tertiary/aromatic N) is 1. The van der Waals surface area contributed by atoms with Crippen LogP contribution in [0.15, 0.2) is 47.2 Å². The van der Waals surface area contributed by atoms with Crippen molar-refractivity contribution in [1.82, 2.24) is 15.2 Å². The molecular formula is C16H19N3O4S. The van der Waals surface area contributed by atoms with Gasteiger partial charge in [-0.05, 0) is 18.6 Å². The van der Waals surface area contributed by atoms with E-state index in [-0.39, 0.29) is 24.7 Å². The summed E-state index contributed by atoms with van der Waals surface area (Å²) < 4.78 is 30.5. The maximum Gasteiger partial charge on any atom is 0.244 e. The molecule has 2 aromatic rings. The van der Waals surface area contributed by atoms with Crippen LogP contribution in [0.2, 0.25) is 0 Å². The van der Waals surface area contributed by atoms with Crippen LogP contribution in [-0.2, 0) is 20.6 Å². The summed E-state index contributed by atoms with van der Waals surface area (Å²) in [6.45, 7) is 2.27. The van der Waals surface area contributed by atoms with Crippen molar-refractivity contribution >= 4 is 22.0 Å². The van der Waals surface area contributed by atoms with Crippen LogP contribution in [0, 0.1) is 6.92 Å². The van der Waals surface area contributed by atoms with E-state index < -0.39 is 10.0 Å². The molecule has 1 heterocycles. The SMILES string of the molecule is Cc1cccc(C=CC(=O)NCCNS(=O)(=O)Cc2ccon2)c1. The van der Waals surface area contributed by atoms with E-state index in [0.29, 0.717) is 5.69 Å². The van der Waals surface area contributed by atoms with Crippen LogP contribution in [0.4, 0.5) is 0 Å². The van der Waals surface area contributed by atoms with Crippen LogP contribution in [0.5, 0.6) is 0 Å². The maximum atomic E-state index is 11.8. The molecular weight excluding hydrogens is 330 g/mol. The molecule has 7 nitrogen and oxygen atoms in total. The van der Waals surface area contributed by atoms with Crippen molar-refractivity contribution in [2.75, 3.05) is 13.1 Å². The van der Waals surface area contributed by atoms with Gasteiger partial charge in [0.25, 0.3) is 0 Å². The molecule has 0 aliphatic heterocycles. The van der Waals surface area contributed by atoms with E-state index in [1.165, 1.54) is 18.4 Å². The summed E-state index contributed by atoms with van der Waals surface area (Å²) in [5, 5.41) is 6.16. The van der Waals surface area contributed by atoms with Gasteiger partial charge in [-0.1, -0.05) is 35.0 Å². The molecule has 0 saturated heterocycles. The molecule has 0 saturated carbocycles. The van der Waals surface area contributed by atoms with Gasteiger partial charge in [-0.2, -0.15) is 0 Å². The van der Waals surface area contributed by atoms with Crippen LogP contribution in [-0.4, -0.2) is 32.6 Å².